The maximum absolute atomic E-state index is 2.42. The zero-order valence-corrected chi connectivity index (χ0v) is 9.87. The highest BCUT2D eigenvalue weighted by Gasteiger charge is 2.17. The van der Waals surface area contributed by atoms with E-state index < -0.39 is 0 Å². The molecular formula is C12H24N2. The first-order valence-electron chi connectivity index (χ1n) is 5.91. The zero-order valence-electron chi connectivity index (χ0n) is 9.87. The lowest BCUT2D eigenvalue weighted by atomic mass is 10.1. The van der Waals surface area contributed by atoms with Gasteiger partial charge in [-0.05, 0) is 13.3 Å². The van der Waals surface area contributed by atoms with Crippen LogP contribution in [-0.2, 0) is 0 Å². The molecule has 0 amide bonds. The topological polar surface area (TPSA) is 6.48 Å². The van der Waals surface area contributed by atoms with Crippen LogP contribution in [-0.4, -0.2) is 29.6 Å². The van der Waals surface area contributed by atoms with Gasteiger partial charge in [-0.25, -0.2) is 0 Å². The van der Waals surface area contributed by atoms with E-state index in [2.05, 4.69) is 43.1 Å². The molecule has 1 atom stereocenters. The summed E-state index contributed by atoms with van der Waals surface area (Å²) in [5.41, 5.74) is 0. The van der Waals surface area contributed by atoms with Crippen LogP contribution < -0.4 is 0 Å². The van der Waals surface area contributed by atoms with Crippen LogP contribution in [0, 0.1) is 0 Å². The van der Waals surface area contributed by atoms with Crippen molar-refractivity contribution in [2.75, 3.05) is 13.6 Å². The Morgan fingerprint density at radius 3 is 2.36 bits per heavy atom. The molecule has 0 aromatic rings. The number of nitrogens with zero attached hydrogens (tertiary/aromatic N) is 2. The Kier molecular flexibility index (Phi) is 4.85. The Bertz CT molecular complexity index is 177. The van der Waals surface area contributed by atoms with Crippen molar-refractivity contribution in [2.45, 2.75) is 52.1 Å². The Morgan fingerprint density at radius 1 is 1.07 bits per heavy atom. The van der Waals surface area contributed by atoms with Gasteiger partial charge >= 0.3 is 0 Å². The summed E-state index contributed by atoms with van der Waals surface area (Å²) in [5, 5.41) is 0. The van der Waals surface area contributed by atoms with Crippen molar-refractivity contribution in [3.63, 3.8) is 0 Å². The smallest absolute Gasteiger partial charge is 0.0974 e. The van der Waals surface area contributed by atoms with Crippen LogP contribution in [0.4, 0.5) is 0 Å². The van der Waals surface area contributed by atoms with Crippen molar-refractivity contribution in [1.82, 2.24) is 9.80 Å². The van der Waals surface area contributed by atoms with E-state index in [0.29, 0.717) is 6.17 Å². The third-order valence-corrected chi connectivity index (χ3v) is 3.08. The largest absolute Gasteiger partial charge is 0.359 e. The summed E-state index contributed by atoms with van der Waals surface area (Å²) >= 11 is 0. The SMILES string of the molecule is CCCCCCCN1C=CN(C)C1C. The maximum Gasteiger partial charge on any atom is 0.0974 e. The summed E-state index contributed by atoms with van der Waals surface area (Å²) in [6, 6.07) is 0. The van der Waals surface area contributed by atoms with E-state index in [4.69, 9.17) is 0 Å². The van der Waals surface area contributed by atoms with Gasteiger partial charge in [-0.2, -0.15) is 0 Å². The van der Waals surface area contributed by atoms with Gasteiger partial charge in [0.1, 0.15) is 0 Å². The summed E-state index contributed by atoms with van der Waals surface area (Å²) in [6.07, 6.45) is 11.8. The van der Waals surface area contributed by atoms with Crippen molar-refractivity contribution in [3.05, 3.63) is 12.4 Å². The average molecular weight is 196 g/mol. The molecule has 0 saturated carbocycles. The molecule has 2 heteroatoms. The molecule has 1 unspecified atom stereocenters. The third kappa shape index (κ3) is 3.24. The first-order chi connectivity index (χ1) is 6.75. The fraction of sp³-hybridized carbons (Fsp3) is 0.833. The molecule has 82 valence electrons. The quantitative estimate of drug-likeness (QED) is 0.602. The second kappa shape index (κ2) is 5.94. The van der Waals surface area contributed by atoms with Crippen molar-refractivity contribution >= 4 is 0 Å². The molecule has 0 saturated heterocycles. The molecule has 0 bridgehead atoms. The first kappa shape index (κ1) is 11.4. The van der Waals surface area contributed by atoms with Gasteiger partial charge in [0.15, 0.2) is 0 Å². The van der Waals surface area contributed by atoms with Gasteiger partial charge in [-0.1, -0.05) is 32.6 Å². The van der Waals surface area contributed by atoms with E-state index in [0.717, 1.165) is 0 Å². The van der Waals surface area contributed by atoms with Crippen molar-refractivity contribution in [3.8, 4) is 0 Å². The molecule has 0 aromatic heterocycles. The predicted molar refractivity (Wildman–Crippen MR) is 61.8 cm³/mol. The lowest BCUT2D eigenvalue weighted by Crippen LogP contribution is -2.34. The van der Waals surface area contributed by atoms with E-state index in [1.165, 1.54) is 38.6 Å². The lowest BCUT2D eigenvalue weighted by molar-refractivity contribution is 0.192. The molecule has 1 aliphatic heterocycles. The second-order valence-electron chi connectivity index (χ2n) is 4.25. The Morgan fingerprint density at radius 2 is 1.79 bits per heavy atom. The fourth-order valence-electron chi connectivity index (χ4n) is 1.83. The summed E-state index contributed by atoms with van der Waals surface area (Å²) < 4.78 is 0. The molecule has 0 aliphatic carbocycles. The van der Waals surface area contributed by atoms with Gasteiger partial charge in [-0.3, -0.25) is 0 Å². The monoisotopic (exact) mass is 196 g/mol. The minimum absolute atomic E-state index is 0.557. The predicted octanol–water partition coefficient (Wildman–Crippen LogP) is 3.02. The number of hydrogen-bond donors (Lipinski definition) is 0. The highest BCUT2D eigenvalue weighted by Crippen LogP contribution is 2.14. The first-order valence-corrected chi connectivity index (χ1v) is 5.91. The number of rotatable bonds is 6. The van der Waals surface area contributed by atoms with Gasteiger partial charge in [0, 0.05) is 26.0 Å². The minimum Gasteiger partial charge on any atom is -0.359 e. The van der Waals surface area contributed by atoms with Crippen LogP contribution in [0.1, 0.15) is 46.0 Å². The molecule has 0 aromatic carbocycles. The molecule has 1 aliphatic rings. The molecule has 0 N–H and O–H groups in total. The Balaban J connectivity index is 2.05. The van der Waals surface area contributed by atoms with E-state index in [1.807, 2.05) is 0 Å². The fourth-order valence-corrected chi connectivity index (χ4v) is 1.83. The van der Waals surface area contributed by atoms with E-state index >= 15 is 0 Å². The zero-order chi connectivity index (χ0) is 10.4. The molecule has 0 fully saturated rings. The van der Waals surface area contributed by atoms with Crippen LogP contribution in [0.5, 0.6) is 0 Å². The van der Waals surface area contributed by atoms with Crippen molar-refractivity contribution in [1.29, 1.82) is 0 Å². The van der Waals surface area contributed by atoms with Gasteiger partial charge in [0.25, 0.3) is 0 Å². The van der Waals surface area contributed by atoms with Crippen LogP contribution in [0.25, 0.3) is 0 Å². The molecule has 1 heterocycles. The molecule has 0 spiro atoms. The van der Waals surface area contributed by atoms with Crippen molar-refractivity contribution < 1.29 is 0 Å². The van der Waals surface area contributed by atoms with Crippen LogP contribution >= 0.6 is 0 Å². The van der Waals surface area contributed by atoms with Gasteiger partial charge in [-0.15, -0.1) is 0 Å². The number of unbranched alkanes of at least 4 members (excludes halogenated alkanes) is 4. The van der Waals surface area contributed by atoms with Crippen LogP contribution in [0.15, 0.2) is 12.4 Å². The van der Waals surface area contributed by atoms with E-state index in [9.17, 15) is 0 Å². The average Bonchev–Trinajstić information content (AvgIpc) is 2.49. The Hall–Kier alpha value is -0.660. The van der Waals surface area contributed by atoms with E-state index in [-0.39, 0.29) is 0 Å². The molecule has 0 radical (unpaired) electrons. The maximum atomic E-state index is 2.42. The van der Waals surface area contributed by atoms with Crippen molar-refractivity contribution in [2.24, 2.45) is 0 Å². The highest BCUT2D eigenvalue weighted by atomic mass is 15.4. The summed E-state index contributed by atoms with van der Waals surface area (Å²) in [5.74, 6) is 0. The third-order valence-electron chi connectivity index (χ3n) is 3.08. The Labute approximate surface area is 88.6 Å². The van der Waals surface area contributed by atoms with E-state index in [1.54, 1.807) is 0 Å². The molecule has 14 heavy (non-hydrogen) atoms. The molecular weight excluding hydrogens is 172 g/mol. The van der Waals surface area contributed by atoms with Gasteiger partial charge in [0.2, 0.25) is 0 Å². The summed E-state index contributed by atoms with van der Waals surface area (Å²) in [4.78, 5) is 4.68. The van der Waals surface area contributed by atoms with Gasteiger partial charge in [0.05, 0.1) is 6.17 Å². The standard InChI is InChI=1S/C12H24N2/c1-4-5-6-7-8-9-14-11-10-13(3)12(14)2/h10-12H,4-9H2,1-3H3. The summed E-state index contributed by atoms with van der Waals surface area (Å²) in [6.45, 7) is 5.73. The van der Waals surface area contributed by atoms with Gasteiger partial charge < -0.3 is 9.80 Å². The van der Waals surface area contributed by atoms with Crippen LogP contribution in [0.2, 0.25) is 0 Å². The minimum atomic E-state index is 0.557. The molecule has 1 rings (SSSR count). The highest BCUT2D eigenvalue weighted by molar-refractivity contribution is 4.93. The summed E-state index contributed by atoms with van der Waals surface area (Å²) in [7, 11) is 2.14. The normalized spacial score (nSPS) is 20.9. The molecule has 2 nitrogen and oxygen atoms in total. The number of hydrogen-bond acceptors (Lipinski definition) is 2. The lowest BCUT2D eigenvalue weighted by Gasteiger charge is -2.26. The van der Waals surface area contributed by atoms with Crippen LogP contribution in [0.3, 0.4) is 0 Å². The second-order valence-corrected chi connectivity index (χ2v) is 4.25.